The van der Waals surface area contributed by atoms with Gasteiger partial charge in [-0.05, 0) is 36.8 Å². The van der Waals surface area contributed by atoms with Crippen LogP contribution in [0.25, 0.3) is 0 Å². The fourth-order valence-electron chi connectivity index (χ4n) is 3.05. The second kappa shape index (κ2) is 8.14. The number of hydrogen-bond donors (Lipinski definition) is 0. The van der Waals surface area contributed by atoms with E-state index in [1.165, 1.54) is 11.4 Å². The number of carbonyl (C=O) groups excluding carboxylic acids is 1. The molecule has 8 nitrogen and oxygen atoms in total. The van der Waals surface area contributed by atoms with Gasteiger partial charge in [0, 0.05) is 33.2 Å². The third-order valence-electron chi connectivity index (χ3n) is 4.89. The van der Waals surface area contributed by atoms with Crippen molar-refractivity contribution in [1.29, 1.82) is 0 Å². The van der Waals surface area contributed by atoms with E-state index in [0.29, 0.717) is 25.2 Å². The van der Waals surface area contributed by atoms with Crippen LogP contribution in [0.15, 0.2) is 36.4 Å². The van der Waals surface area contributed by atoms with Crippen LogP contribution >= 0.6 is 0 Å². The second-order valence-corrected chi connectivity index (χ2v) is 8.99. The molecule has 0 N–H and O–H groups in total. The van der Waals surface area contributed by atoms with Crippen molar-refractivity contribution in [3.8, 4) is 0 Å². The lowest BCUT2D eigenvalue weighted by molar-refractivity contribution is -0.130. The van der Waals surface area contributed by atoms with Crippen LogP contribution < -0.4 is 9.21 Å². The Morgan fingerprint density at radius 3 is 2.21 bits per heavy atom. The Morgan fingerprint density at radius 2 is 1.68 bits per heavy atom. The number of aryl methyl sites for hydroxylation is 1. The van der Waals surface area contributed by atoms with Crippen molar-refractivity contribution in [3.63, 3.8) is 0 Å². The van der Waals surface area contributed by atoms with E-state index in [1.807, 2.05) is 24.0 Å². The van der Waals surface area contributed by atoms with Crippen LogP contribution in [-0.4, -0.2) is 68.9 Å². The molecule has 150 valence electrons. The SMILES string of the molecule is Cc1ccc(N2CCN(C(=O)Cc3ccc(N(C)S(C)(=O)=O)cc3)CC2)nn1. The molecule has 1 saturated heterocycles. The summed E-state index contributed by atoms with van der Waals surface area (Å²) >= 11 is 0. The number of nitrogens with zero attached hydrogens (tertiary/aromatic N) is 5. The summed E-state index contributed by atoms with van der Waals surface area (Å²) in [5, 5.41) is 8.29. The van der Waals surface area contributed by atoms with Gasteiger partial charge < -0.3 is 9.80 Å². The maximum absolute atomic E-state index is 12.6. The molecule has 1 aromatic carbocycles. The van der Waals surface area contributed by atoms with Crippen molar-refractivity contribution in [2.24, 2.45) is 0 Å². The van der Waals surface area contributed by atoms with Gasteiger partial charge >= 0.3 is 0 Å². The number of amides is 1. The standard InChI is InChI=1S/C19H25N5O3S/c1-15-4-9-18(21-20-15)23-10-12-24(13-11-23)19(25)14-16-5-7-17(8-6-16)22(2)28(3,26)27/h4-9H,10-14H2,1-3H3. The third kappa shape index (κ3) is 4.78. The van der Waals surface area contributed by atoms with Crippen LogP contribution in [-0.2, 0) is 21.2 Å². The first kappa shape index (κ1) is 20.1. The summed E-state index contributed by atoms with van der Waals surface area (Å²) in [4.78, 5) is 16.6. The third-order valence-corrected chi connectivity index (χ3v) is 6.10. The summed E-state index contributed by atoms with van der Waals surface area (Å²) < 4.78 is 24.4. The predicted molar refractivity (Wildman–Crippen MR) is 109 cm³/mol. The molecule has 28 heavy (non-hydrogen) atoms. The highest BCUT2D eigenvalue weighted by atomic mass is 32.2. The smallest absolute Gasteiger partial charge is 0.231 e. The highest BCUT2D eigenvalue weighted by molar-refractivity contribution is 7.92. The van der Waals surface area contributed by atoms with Gasteiger partial charge in [0.25, 0.3) is 0 Å². The monoisotopic (exact) mass is 403 g/mol. The summed E-state index contributed by atoms with van der Waals surface area (Å²) in [5.41, 5.74) is 2.32. The van der Waals surface area contributed by atoms with Gasteiger partial charge in [-0.2, -0.15) is 5.10 Å². The fourth-order valence-corrected chi connectivity index (χ4v) is 3.55. The summed E-state index contributed by atoms with van der Waals surface area (Å²) in [7, 11) is -1.79. The first-order chi connectivity index (χ1) is 13.2. The van der Waals surface area contributed by atoms with Gasteiger partial charge in [-0.1, -0.05) is 12.1 Å². The normalized spacial score (nSPS) is 14.8. The summed E-state index contributed by atoms with van der Waals surface area (Å²) in [5.74, 6) is 0.905. The van der Waals surface area contributed by atoms with Gasteiger partial charge in [-0.3, -0.25) is 9.10 Å². The van der Waals surface area contributed by atoms with Crippen LogP contribution in [0.2, 0.25) is 0 Å². The molecular formula is C19H25N5O3S. The van der Waals surface area contributed by atoms with E-state index in [1.54, 1.807) is 24.3 Å². The molecule has 1 aliphatic heterocycles. The summed E-state index contributed by atoms with van der Waals surface area (Å²) in [6.45, 7) is 4.63. The number of benzene rings is 1. The highest BCUT2D eigenvalue weighted by Gasteiger charge is 2.22. The zero-order valence-electron chi connectivity index (χ0n) is 16.4. The largest absolute Gasteiger partial charge is 0.352 e. The Labute approximate surface area is 165 Å². The topological polar surface area (TPSA) is 86.7 Å². The zero-order chi connectivity index (χ0) is 20.3. The van der Waals surface area contributed by atoms with Crippen LogP contribution in [0.4, 0.5) is 11.5 Å². The molecule has 0 saturated carbocycles. The van der Waals surface area contributed by atoms with Crippen molar-refractivity contribution in [3.05, 3.63) is 47.7 Å². The molecule has 0 radical (unpaired) electrons. The van der Waals surface area contributed by atoms with Crippen LogP contribution in [0.1, 0.15) is 11.3 Å². The van der Waals surface area contributed by atoms with E-state index < -0.39 is 10.0 Å². The number of rotatable bonds is 5. The van der Waals surface area contributed by atoms with Crippen molar-refractivity contribution >= 4 is 27.4 Å². The molecule has 0 spiro atoms. The zero-order valence-corrected chi connectivity index (χ0v) is 17.2. The van der Waals surface area contributed by atoms with Crippen molar-refractivity contribution in [1.82, 2.24) is 15.1 Å². The van der Waals surface area contributed by atoms with E-state index in [2.05, 4.69) is 15.1 Å². The minimum Gasteiger partial charge on any atom is -0.352 e. The number of hydrogen-bond acceptors (Lipinski definition) is 6. The van der Waals surface area contributed by atoms with Crippen molar-refractivity contribution < 1.29 is 13.2 Å². The van der Waals surface area contributed by atoms with Gasteiger partial charge in [0.15, 0.2) is 5.82 Å². The van der Waals surface area contributed by atoms with Crippen LogP contribution in [0, 0.1) is 6.92 Å². The quantitative estimate of drug-likeness (QED) is 0.742. The molecule has 0 unspecified atom stereocenters. The first-order valence-corrected chi connectivity index (χ1v) is 10.9. The maximum atomic E-state index is 12.6. The molecule has 1 amide bonds. The molecule has 1 aromatic heterocycles. The first-order valence-electron chi connectivity index (χ1n) is 9.10. The van der Waals surface area contributed by atoms with E-state index in [9.17, 15) is 13.2 Å². The second-order valence-electron chi connectivity index (χ2n) is 6.97. The molecule has 0 aliphatic carbocycles. The Hall–Kier alpha value is -2.68. The highest BCUT2D eigenvalue weighted by Crippen LogP contribution is 2.18. The molecule has 3 rings (SSSR count). The van der Waals surface area contributed by atoms with E-state index in [0.717, 1.165) is 36.4 Å². The van der Waals surface area contributed by atoms with Gasteiger partial charge in [-0.25, -0.2) is 8.42 Å². The molecule has 0 bridgehead atoms. The molecule has 9 heteroatoms. The molecule has 1 aliphatic rings. The van der Waals surface area contributed by atoms with Gasteiger partial charge in [0.1, 0.15) is 0 Å². The number of carbonyl (C=O) groups is 1. The number of aromatic nitrogens is 2. The molecule has 0 atom stereocenters. The predicted octanol–water partition coefficient (Wildman–Crippen LogP) is 1.07. The van der Waals surface area contributed by atoms with Crippen molar-refractivity contribution in [2.45, 2.75) is 13.3 Å². The number of anilines is 2. The van der Waals surface area contributed by atoms with Crippen molar-refractivity contribution in [2.75, 3.05) is 48.7 Å². The molecule has 1 fully saturated rings. The number of piperazine rings is 1. The lowest BCUT2D eigenvalue weighted by atomic mass is 10.1. The van der Waals surface area contributed by atoms with Crippen LogP contribution in [0.5, 0.6) is 0 Å². The average molecular weight is 404 g/mol. The van der Waals surface area contributed by atoms with Gasteiger partial charge in [0.05, 0.1) is 24.1 Å². The van der Waals surface area contributed by atoms with Crippen LogP contribution in [0.3, 0.4) is 0 Å². The van der Waals surface area contributed by atoms with E-state index >= 15 is 0 Å². The Bertz CT molecular complexity index is 921. The summed E-state index contributed by atoms with van der Waals surface area (Å²) in [6.07, 6.45) is 1.46. The Balaban J connectivity index is 1.55. The molecule has 2 aromatic rings. The summed E-state index contributed by atoms with van der Waals surface area (Å²) in [6, 6.07) is 10.9. The fraction of sp³-hybridized carbons (Fsp3) is 0.421. The molecule has 2 heterocycles. The lowest BCUT2D eigenvalue weighted by Crippen LogP contribution is -2.49. The maximum Gasteiger partial charge on any atom is 0.231 e. The Morgan fingerprint density at radius 1 is 1.04 bits per heavy atom. The van der Waals surface area contributed by atoms with E-state index in [4.69, 9.17) is 0 Å². The van der Waals surface area contributed by atoms with E-state index in [-0.39, 0.29) is 5.91 Å². The molecular weight excluding hydrogens is 378 g/mol. The minimum absolute atomic E-state index is 0.0684. The minimum atomic E-state index is -3.30. The van der Waals surface area contributed by atoms with Gasteiger partial charge in [0.2, 0.25) is 15.9 Å². The number of sulfonamides is 1. The average Bonchev–Trinajstić information content (AvgIpc) is 2.68. The Kier molecular flexibility index (Phi) is 5.83. The lowest BCUT2D eigenvalue weighted by Gasteiger charge is -2.35. The van der Waals surface area contributed by atoms with Gasteiger partial charge in [-0.15, -0.1) is 5.10 Å².